The molecular formula is C46H76. The third kappa shape index (κ3) is 31.1. The van der Waals surface area contributed by atoms with Crippen molar-refractivity contribution in [2.24, 2.45) is 5.92 Å². The van der Waals surface area contributed by atoms with E-state index in [9.17, 15) is 0 Å². The smallest absolute Gasteiger partial charge is 0.0204 e. The summed E-state index contributed by atoms with van der Waals surface area (Å²) in [4.78, 5) is 0. The molecule has 0 heteroatoms. The van der Waals surface area contributed by atoms with Crippen LogP contribution in [-0.4, -0.2) is 0 Å². The van der Waals surface area contributed by atoms with Crippen molar-refractivity contribution in [3.63, 3.8) is 0 Å². The number of hydrogen-bond acceptors (Lipinski definition) is 0. The standard InChI is InChI=1S/C12H16.C10H12.C8H12.C7H16.C6H12.C3H8/c1-10(2)4-7-12-8-5-11(3)6-9-12;1-8(2)10-7-5-4-6-9(10)3;1-7-5-3-4-6-8(7)2;1-3-5-7-6-4-2;1-5(2)6(3)4;1-3-2/h5-6,8-9H,1,4,7H2,2-3H3;4-7H,1H2,2-3H3;5-6H,3-4H2,1-2H3;3-7H2,1-2H3;6H,1H2,2-4H3;3H2,1-2H3. The van der Waals surface area contributed by atoms with Crippen LogP contribution in [0.2, 0.25) is 0 Å². The number of rotatable bonds is 9. The third-order valence-corrected chi connectivity index (χ3v) is 7.45. The van der Waals surface area contributed by atoms with E-state index in [0.29, 0.717) is 5.92 Å². The molecule has 1 aliphatic rings. The van der Waals surface area contributed by atoms with Crippen LogP contribution in [0.3, 0.4) is 0 Å². The van der Waals surface area contributed by atoms with Gasteiger partial charge in [-0.15, -0.1) is 6.58 Å². The number of aryl methyl sites for hydroxylation is 3. The van der Waals surface area contributed by atoms with Crippen molar-refractivity contribution in [3.05, 3.63) is 125 Å². The van der Waals surface area contributed by atoms with Crippen LogP contribution in [0.25, 0.3) is 5.57 Å². The highest BCUT2D eigenvalue weighted by atomic mass is 14.0. The summed E-state index contributed by atoms with van der Waals surface area (Å²) in [7, 11) is 0. The first kappa shape index (κ1) is 47.5. The first-order chi connectivity index (χ1) is 21.7. The molecule has 0 spiro atoms. The molecule has 260 valence electrons. The van der Waals surface area contributed by atoms with Gasteiger partial charge in [0.15, 0.2) is 0 Å². The van der Waals surface area contributed by atoms with Gasteiger partial charge in [-0.05, 0) is 96.8 Å². The largest absolute Gasteiger partial charge is 0.100 e. The van der Waals surface area contributed by atoms with Gasteiger partial charge in [-0.3, -0.25) is 0 Å². The highest BCUT2D eigenvalue weighted by Gasteiger charge is 1.96. The second-order valence-corrected chi connectivity index (χ2v) is 13.2. The molecule has 0 saturated heterocycles. The molecule has 1 aliphatic carbocycles. The van der Waals surface area contributed by atoms with Crippen molar-refractivity contribution < 1.29 is 0 Å². The van der Waals surface area contributed by atoms with Gasteiger partial charge >= 0.3 is 0 Å². The minimum atomic E-state index is 0.657. The van der Waals surface area contributed by atoms with Crippen LogP contribution >= 0.6 is 0 Å². The molecule has 2 aromatic rings. The number of unbranched alkanes of at least 4 members (excludes halogenated alkanes) is 4. The van der Waals surface area contributed by atoms with E-state index in [0.717, 1.165) is 18.4 Å². The Balaban J connectivity index is -0.000000502. The lowest BCUT2D eigenvalue weighted by molar-refractivity contribution is 0.656. The first-order valence-corrected chi connectivity index (χ1v) is 18.1. The van der Waals surface area contributed by atoms with E-state index in [1.54, 1.807) is 0 Å². The topological polar surface area (TPSA) is 0 Å². The molecule has 0 fully saturated rings. The molecule has 0 radical (unpaired) electrons. The second kappa shape index (κ2) is 32.1. The van der Waals surface area contributed by atoms with Crippen LogP contribution in [0.15, 0.2) is 103 Å². The molecule has 0 heterocycles. The average Bonchev–Trinajstić information content (AvgIpc) is 3.00. The summed E-state index contributed by atoms with van der Waals surface area (Å²) in [6, 6.07) is 17.0. The van der Waals surface area contributed by atoms with E-state index < -0.39 is 0 Å². The molecule has 0 amide bonds. The lowest BCUT2D eigenvalue weighted by atomic mass is 10.0. The molecular weight excluding hydrogens is 553 g/mol. The third-order valence-electron chi connectivity index (χ3n) is 7.45. The van der Waals surface area contributed by atoms with Gasteiger partial charge in [-0.1, -0.05) is 187 Å². The van der Waals surface area contributed by atoms with Crippen LogP contribution in [0, 0.1) is 19.8 Å². The van der Waals surface area contributed by atoms with Crippen molar-refractivity contribution in [1.82, 2.24) is 0 Å². The van der Waals surface area contributed by atoms with E-state index in [4.69, 9.17) is 0 Å². The molecule has 3 rings (SSSR count). The maximum absolute atomic E-state index is 3.89. The van der Waals surface area contributed by atoms with Gasteiger partial charge in [0.25, 0.3) is 0 Å². The molecule has 0 nitrogen and oxygen atoms in total. The lowest BCUT2D eigenvalue weighted by Crippen LogP contribution is -1.85. The van der Waals surface area contributed by atoms with Gasteiger partial charge in [0.05, 0.1) is 0 Å². The summed E-state index contributed by atoms with van der Waals surface area (Å²) in [6.45, 7) is 39.3. The quantitative estimate of drug-likeness (QED) is 0.191. The van der Waals surface area contributed by atoms with Gasteiger partial charge in [-0.2, -0.15) is 0 Å². The lowest BCUT2D eigenvalue weighted by Gasteiger charge is -2.05. The fourth-order valence-corrected chi connectivity index (χ4v) is 3.76. The second-order valence-electron chi connectivity index (χ2n) is 13.2. The Bertz CT molecular complexity index is 1080. The first-order valence-electron chi connectivity index (χ1n) is 18.1. The highest BCUT2D eigenvalue weighted by molar-refractivity contribution is 5.64. The van der Waals surface area contributed by atoms with Crippen molar-refractivity contribution in [2.75, 3.05) is 0 Å². The van der Waals surface area contributed by atoms with Crippen LogP contribution in [-0.2, 0) is 6.42 Å². The van der Waals surface area contributed by atoms with Gasteiger partial charge in [-0.25, -0.2) is 0 Å². The van der Waals surface area contributed by atoms with E-state index in [-0.39, 0.29) is 0 Å². The molecule has 0 N–H and O–H groups in total. The molecule has 0 bridgehead atoms. The average molecular weight is 629 g/mol. The molecule has 2 aromatic carbocycles. The SMILES string of the molecule is C=C(C)C(C)C.C=C(C)CCc1ccc(C)cc1.C=C(C)c1ccccc1C.CC1=CCCC=C1C.CCC.CCCCCCC. The Hall–Kier alpha value is -2.86. The zero-order valence-electron chi connectivity index (χ0n) is 33.0. The fourth-order valence-electron chi connectivity index (χ4n) is 3.76. The fraction of sp³-hybridized carbons (Fsp3) is 0.522. The number of allylic oxidation sites excluding steroid dienone is 7. The summed E-state index contributed by atoms with van der Waals surface area (Å²) in [5.74, 6) is 0.657. The van der Waals surface area contributed by atoms with Gasteiger partial charge in [0.1, 0.15) is 0 Å². The monoisotopic (exact) mass is 629 g/mol. The Morgan fingerprint density at radius 1 is 0.674 bits per heavy atom. The summed E-state index contributed by atoms with van der Waals surface area (Å²) in [5.41, 5.74) is 11.9. The van der Waals surface area contributed by atoms with E-state index in [1.165, 1.54) is 95.9 Å². The summed E-state index contributed by atoms with van der Waals surface area (Å²) < 4.78 is 0. The zero-order valence-corrected chi connectivity index (χ0v) is 33.0. The maximum atomic E-state index is 3.89. The Morgan fingerprint density at radius 3 is 1.41 bits per heavy atom. The van der Waals surface area contributed by atoms with Gasteiger partial charge in [0.2, 0.25) is 0 Å². The van der Waals surface area contributed by atoms with E-state index >= 15 is 0 Å². The van der Waals surface area contributed by atoms with Crippen molar-refractivity contribution in [1.29, 1.82) is 0 Å². The predicted octanol–water partition coefficient (Wildman–Crippen LogP) is 15.8. The Kier molecular flexibility index (Phi) is 33.2. The summed E-state index contributed by atoms with van der Waals surface area (Å²) in [5, 5.41) is 0. The minimum Gasteiger partial charge on any atom is -0.100 e. The molecule has 0 aromatic heterocycles. The van der Waals surface area contributed by atoms with Gasteiger partial charge in [0, 0.05) is 0 Å². The molecule has 0 saturated carbocycles. The summed E-state index contributed by atoms with van der Waals surface area (Å²) in [6.07, 6.45) is 17.6. The molecule has 0 aliphatic heterocycles. The van der Waals surface area contributed by atoms with Crippen LogP contribution < -0.4 is 0 Å². The van der Waals surface area contributed by atoms with Crippen molar-refractivity contribution in [3.8, 4) is 0 Å². The van der Waals surface area contributed by atoms with E-state index in [2.05, 4.69) is 144 Å². The minimum absolute atomic E-state index is 0.657. The number of benzene rings is 2. The van der Waals surface area contributed by atoms with Crippen molar-refractivity contribution in [2.45, 2.75) is 154 Å². The molecule has 46 heavy (non-hydrogen) atoms. The molecule has 0 unspecified atom stereocenters. The Labute approximate surface area is 289 Å². The predicted molar refractivity (Wildman–Crippen MR) is 217 cm³/mol. The maximum Gasteiger partial charge on any atom is -0.0204 e. The zero-order chi connectivity index (χ0) is 35.9. The van der Waals surface area contributed by atoms with Gasteiger partial charge < -0.3 is 0 Å². The van der Waals surface area contributed by atoms with Crippen LogP contribution in [0.5, 0.6) is 0 Å². The summed E-state index contributed by atoms with van der Waals surface area (Å²) >= 11 is 0. The van der Waals surface area contributed by atoms with Crippen molar-refractivity contribution >= 4 is 5.57 Å². The molecule has 0 atom stereocenters. The normalized spacial score (nSPS) is 11.1. The van der Waals surface area contributed by atoms with Crippen LogP contribution in [0.4, 0.5) is 0 Å². The van der Waals surface area contributed by atoms with Crippen LogP contribution in [0.1, 0.15) is 156 Å². The Morgan fingerprint density at radius 2 is 1.11 bits per heavy atom. The van der Waals surface area contributed by atoms with E-state index in [1.807, 2.05) is 26.0 Å². The highest BCUT2D eigenvalue weighted by Crippen LogP contribution is 2.16. The number of hydrogen-bond donors (Lipinski definition) is 0.